The number of aryl methyl sites for hydroxylation is 2. The van der Waals surface area contributed by atoms with Gasteiger partial charge in [-0.15, -0.1) is 0 Å². The predicted octanol–water partition coefficient (Wildman–Crippen LogP) is 4.52. The van der Waals surface area contributed by atoms with E-state index in [4.69, 9.17) is 22.1 Å². The largest absolute Gasteiger partial charge is 0.456 e. The molecule has 0 atom stereocenters. The van der Waals surface area contributed by atoms with Crippen molar-refractivity contribution in [3.05, 3.63) is 57.6 Å². The van der Waals surface area contributed by atoms with E-state index in [2.05, 4.69) is 26.0 Å². The third kappa shape index (κ3) is 2.91. The summed E-state index contributed by atoms with van der Waals surface area (Å²) in [5, 5.41) is 0.672. The van der Waals surface area contributed by atoms with Gasteiger partial charge in [-0.2, -0.15) is 0 Å². The molecular weight excluding hydrogens is 258 g/mol. The molecule has 0 fully saturated rings. The van der Waals surface area contributed by atoms with Crippen LogP contribution in [-0.4, -0.2) is 0 Å². The zero-order chi connectivity index (χ0) is 14.0. The zero-order valence-corrected chi connectivity index (χ0v) is 12.2. The van der Waals surface area contributed by atoms with Crippen molar-refractivity contribution in [3.63, 3.8) is 0 Å². The SMILES string of the molecule is Cc1ccc(C)c(Oc2ccc(Cl)cc2CN)c1C. The van der Waals surface area contributed by atoms with Gasteiger partial charge < -0.3 is 10.5 Å². The number of hydrogen-bond donors (Lipinski definition) is 1. The maximum absolute atomic E-state index is 6.06. The fourth-order valence-electron chi connectivity index (χ4n) is 2.00. The molecule has 0 radical (unpaired) electrons. The van der Waals surface area contributed by atoms with Crippen LogP contribution in [0.1, 0.15) is 22.3 Å². The summed E-state index contributed by atoms with van der Waals surface area (Å²) in [7, 11) is 0. The van der Waals surface area contributed by atoms with Gasteiger partial charge in [0, 0.05) is 17.1 Å². The third-order valence-corrected chi connectivity index (χ3v) is 3.56. The summed E-state index contributed by atoms with van der Waals surface area (Å²) in [6.45, 7) is 6.59. The van der Waals surface area contributed by atoms with Crippen LogP contribution in [0.4, 0.5) is 0 Å². The van der Waals surface area contributed by atoms with E-state index >= 15 is 0 Å². The second-order valence-electron chi connectivity index (χ2n) is 4.71. The molecule has 3 heteroatoms. The molecule has 0 amide bonds. The summed E-state index contributed by atoms with van der Waals surface area (Å²) < 4.78 is 6.06. The molecule has 19 heavy (non-hydrogen) atoms. The van der Waals surface area contributed by atoms with Crippen molar-refractivity contribution in [2.24, 2.45) is 5.73 Å². The van der Waals surface area contributed by atoms with Crippen molar-refractivity contribution >= 4 is 11.6 Å². The summed E-state index contributed by atoms with van der Waals surface area (Å²) in [6, 6.07) is 9.69. The van der Waals surface area contributed by atoms with Gasteiger partial charge in [0.05, 0.1) is 0 Å². The van der Waals surface area contributed by atoms with Crippen LogP contribution in [0.2, 0.25) is 5.02 Å². The molecule has 2 nitrogen and oxygen atoms in total. The molecule has 0 aliphatic heterocycles. The Hall–Kier alpha value is -1.51. The minimum Gasteiger partial charge on any atom is -0.456 e. The second-order valence-corrected chi connectivity index (χ2v) is 5.15. The van der Waals surface area contributed by atoms with E-state index in [1.807, 2.05) is 25.1 Å². The van der Waals surface area contributed by atoms with Gasteiger partial charge in [0.25, 0.3) is 0 Å². The van der Waals surface area contributed by atoms with Crippen molar-refractivity contribution in [3.8, 4) is 11.5 Å². The first-order valence-corrected chi connectivity index (χ1v) is 6.64. The van der Waals surface area contributed by atoms with E-state index in [1.165, 1.54) is 5.56 Å². The monoisotopic (exact) mass is 275 g/mol. The van der Waals surface area contributed by atoms with Crippen LogP contribution in [0.15, 0.2) is 30.3 Å². The van der Waals surface area contributed by atoms with E-state index in [0.717, 1.165) is 28.2 Å². The maximum Gasteiger partial charge on any atom is 0.133 e. The molecule has 0 aliphatic rings. The first kappa shape index (κ1) is 13.9. The van der Waals surface area contributed by atoms with E-state index in [1.54, 1.807) is 0 Å². The Labute approximate surface area is 119 Å². The number of benzene rings is 2. The molecule has 0 saturated heterocycles. The van der Waals surface area contributed by atoms with Crippen molar-refractivity contribution in [2.45, 2.75) is 27.3 Å². The highest BCUT2D eigenvalue weighted by Crippen LogP contribution is 2.33. The topological polar surface area (TPSA) is 35.2 Å². The van der Waals surface area contributed by atoms with E-state index in [0.29, 0.717) is 11.6 Å². The van der Waals surface area contributed by atoms with Crippen LogP contribution >= 0.6 is 11.6 Å². The van der Waals surface area contributed by atoms with Gasteiger partial charge in [-0.3, -0.25) is 0 Å². The fourth-order valence-corrected chi connectivity index (χ4v) is 2.19. The summed E-state index contributed by atoms with van der Waals surface area (Å²) >= 11 is 5.98. The Morgan fingerprint density at radius 1 is 1.05 bits per heavy atom. The normalized spacial score (nSPS) is 10.6. The van der Waals surface area contributed by atoms with Gasteiger partial charge in [0.15, 0.2) is 0 Å². The number of halogens is 1. The van der Waals surface area contributed by atoms with Crippen LogP contribution in [-0.2, 0) is 6.54 Å². The molecule has 0 unspecified atom stereocenters. The van der Waals surface area contributed by atoms with Gasteiger partial charge in [0.1, 0.15) is 11.5 Å². The molecule has 2 aromatic rings. The highest BCUT2D eigenvalue weighted by Gasteiger charge is 2.10. The molecular formula is C16H18ClNO. The molecule has 2 N–H and O–H groups in total. The minimum atomic E-state index is 0.403. The molecule has 0 aromatic heterocycles. The van der Waals surface area contributed by atoms with Crippen molar-refractivity contribution in [1.82, 2.24) is 0 Å². The van der Waals surface area contributed by atoms with Gasteiger partial charge in [-0.25, -0.2) is 0 Å². The molecule has 0 saturated carbocycles. The van der Waals surface area contributed by atoms with Gasteiger partial charge in [-0.05, 0) is 55.7 Å². The highest BCUT2D eigenvalue weighted by atomic mass is 35.5. The number of nitrogens with two attached hydrogens (primary N) is 1. The quantitative estimate of drug-likeness (QED) is 0.894. The number of rotatable bonds is 3. The zero-order valence-electron chi connectivity index (χ0n) is 11.5. The Morgan fingerprint density at radius 2 is 1.74 bits per heavy atom. The lowest BCUT2D eigenvalue weighted by Crippen LogP contribution is -2.01. The summed E-state index contributed by atoms with van der Waals surface area (Å²) in [5.74, 6) is 1.67. The van der Waals surface area contributed by atoms with E-state index in [-0.39, 0.29) is 0 Å². The molecule has 0 heterocycles. The molecule has 100 valence electrons. The molecule has 0 spiro atoms. The summed E-state index contributed by atoms with van der Waals surface area (Å²) in [5.41, 5.74) is 10.1. The Morgan fingerprint density at radius 3 is 2.42 bits per heavy atom. The Kier molecular flexibility index (Phi) is 4.13. The summed E-state index contributed by atoms with van der Waals surface area (Å²) in [4.78, 5) is 0. The average Bonchev–Trinajstić information content (AvgIpc) is 2.40. The van der Waals surface area contributed by atoms with E-state index < -0.39 is 0 Å². The van der Waals surface area contributed by atoms with Crippen molar-refractivity contribution in [2.75, 3.05) is 0 Å². The summed E-state index contributed by atoms with van der Waals surface area (Å²) in [6.07, 6.45) is 0. The lowest BCUT2D eigenvalue weighted by atomic mass is 10.1. The van der Waals surface area contributed by atoms with Crippen LogP contribution < -0.4 is 10.5 Å². The standard InChI is InChI=1S/C16H18ClNO/c1-10-4-5-11(2)16(12(10)3)19-15-7-6-14(17)8-13(15)9-18/h4-8H,9,18H2,1-3H3. The van der Waals surface area contributed by atoms with Gasteiger partial charge in [0.2, 0.25) is 0 Å². The molecule has 2 rings (SSSR count). The van der Waals surface area contributed by atoms with E-state index in [9.17, 15) is 0 Å². The van der Waals surface area contributed by atoms with Gasteiger partial charge in [-0.1, -0.05) is 23.7 Å². The lowest BCUT2D eigenvalue weighted by molar-refractivity contribution is 0.468. The minimum absolute atomic E-state index is 0.403. The van der Waals surface area contributed by atoms with Crippen molar-refractivity contribution < 1.29 is 4.74 Å². The number of hydrogen-bond acceptors (Lipinski definition) is 2. The second kappa shape index (κ2) is 5.64. The Bertz CT molecular complexity index is 608. The first-order valence-electron chi connectivity index (χ1n) is 6.26. The molecule has 2 aromatic carbocycles. The first-order chi connectivity index (χ1) is 9.02. The molecule has 0 aliphatic carbocycles. The van der Waals surface area contributed by atoms with Crippen LogP contribution in [0.25, 0.3) is 0 Å². The maximum atomic E-state index is 6.06. The Balaban J connectivity index is 2.44. The fraction of sp³-hybridized carbons (Fsp3) is 0.250. The number of ether oxygens (including phenoxy) is 1. The highest BCUT2D eigenvalue weighted by molar-refractivity contribution is 6.30. The molecule has 0 bridgehead atoms. The third-order valence-electron chi connectivity index (χ3n) is 3.33. The predicted molar refractivity (Wildman–Crippen MR) is 80.1 cm³/mol. The smallest absolute Gasteiger partial charge is 0.133 e. The lowest BCUT2D eigenvalue weighted by Gasteiger charge is -2.16. The van der Waals surface area contributed by atoms with Crippen LogP contribution in [0, 0.1) is 20.8 Å². The van der Waals surface area contributed by atoms with Gasteiger partial charge >= 0.3 is 0 Å². The average molecular weight is 276 g/mol. The van der Waals surface area contributed by atoms with Crippen LogP contribution in [0.3, 0.4) is 0 Å². The van der Waals surface area contributed by atoms with Crippen molar-refractivity contribution in [1.29, 1.82) is 0 Å². The van der Waals surface area contributed by atoms with Crippen LogP contribution in [0.5, 0.6) is 11.5 Å².